The Kier molecular flexibility index (Phi) is 9.09. The van der Waals surface area contributed by atoms with Crippen LogP contribution in [0.3, 0.4) is 0 Å². The summed E-state index contributed by atoms with van der Waals surface area (Å²) in [6.45, 7) is 2.89. The second-order valence-electron chi connectivity index (χ2n) is 5.82. The lowest BCUT2D eigenvalue weighted by molar-refractivity contribution is 0.0108. The van der Waals surface area contributed by atoms with Crippen molar-refractivity contribution < 1.29 is 31.6 Å². The molecule has 2 aromatic carbocycles. The molecule has 0 aliphatic carbocycles. The SMILES string of the molecule is Cc1ccc(S(=O)(=O)OCCOCCOCCOC(=O)c2ccccc2)cc1. The molecule has 7 nitrogen and oxygen atoms in total. The molecule has 0 aromatic heterocycles. The molecule has 0 N–H and O–H groups in total. The normalized spacial score (nSPS) is 11.3. The molecule has 0 aliphatic heterocycles. The first-order valence-electron chi connectivity index (χ1n) is 8.83. The molecular weight excluding hydrogens is 384 g/mol. The minimum atomic E-state index is -3.77. The van der Waals surface area contributed by atoms with Crippen LogP contribution in [0.25, 0.3) is 0 Å². The molecule has 0 saturated heterocycles. The number of hydrogen-bond acceptors (Lipinski definition) is 7. The predicted octanol–water partition coefficient (Wildman–Crippen LogP) is 2.59. The Hall–Kier alpha value is -2.26. The van der Waals surface area contributed by atoms with Gasteiger partial charge in [0.2, 0.25) is 0 Å². The van der Waals surface area contributed by atoms with Gasteiger partial charge in [-0.3, -0.25) is 4.18 Å². The maximum absolute atomic E-state index is 12.0. The third kappa shape index (κ3) is 7.77. The molecule has 2 rings (SSSR count). The fourth-order valence-electron chi connectivity index (χ4n) is 2.15. The average Bonchev–Trinajstić information content (AvgIpc) is 2.70. The van der Waals surface area contributed by atoms with Gasteiger partial charge in [-0.15, -0.1) is 0 Å². The van der Waals surface area contributed by atoms with Crippen molar-refractivity contribution in [2.45, 2.75) is 11.8 Å². The van der Waals surface area contributed by atoms with Gasteiger partial charge in [0, 0.05) is 0 Å². The number of rotatable bonds is 12. The highest BCUT2D eigenvalue weighted by atomic mass is 32.2. The van der Waals surface area contributed by atoms with Gasteiger partial charge in [0.25, 0.3) is 10.1 Å². The summed E-state index contributed by atoms with van der Waals surface area (Å²) in [5.74, 6) is -0.396. The van der Waals surface area contributed by atoms with Crippen LogP contribution >= 0.6 is 0 Å². The first-order chi connectivity index (χ1) is 13.5. The maximum atomic E-state index is 12.0. The number of benzene rings is 2. The topological polar surface area (TPSA) is 88.1 Å². The first-order valence-corrected chi connectivity index (χ1v) is 10.2. The summed E-state index contributed by atoms with van der Waals surface area (Å²) < 4.78 is 44.5. The quantitative estimate of drug-likeness (QED) is 0.303. The van der Waals surface area contributed by atoms with Crippen molar-refractivity contribution >= 4 is 16.1 Å². The fraction of sp³-hybridized carbons (Fsp3) is 0.350. The molecule has 0 radical (unpaired) electrons. The van der Waals surface area contributed by atoms with E-state index < -0.39 is 16.1 Å². The van der Waals surface area contributed by atoms with Gasteiger partial charge in [-0.05, 0) is 31.2 Å². The second kappa shape index (κ2) is 11.6. The van der Waals surface area contributed by atoms with Gasteiger partial charge in [-0.2, -0.15) is 8.42 Å². The highest BCUT2D eigenvalue weighted by Crippen LogP contribution is 2.12. The van der Waals surface area contributed by atoms with E-state index in [1.165, 1.54) is 12.1 Å². The van der Waals surface area contributed by atoms with E-state index >= 15 is 0 Å². The van der Waals surface area contributed by atoms with Crippen molar-refractivity contribution in [1.82, 2.24) is 0 Å². The van der Waals surface area contributed by atoms with Gasteiger partial charge in [0.15, 0.2) is 0 Å². The third-order valence-corrected chi connectivity index (χ3v) is 4.94. The van der Waals surface area contributed by atoms with E-state index in [1.54, 1.807) is 36.4 Å². The van der Waals surface area contributed by atoms with E-state index in [2.05, 4.69) is 0 Å². The van der Waals surface area contributed by atoms with E-state index in [-0.39, 0.29) is 37.9 Å². The summed E-state index contributed by atoms with van der Waals surface area (Å²) in [6.07, 6.45) is 0. The molecule has 8 heteroatoms. The van der Waals surface area contributed by atoms with Crippen molar-refractivity contribution in [3.63, 3.8) is 0 Å². The summed E-state index contributed by atoms with van der Waals surface area (Å²) in [7, 11) is -3.77. The van der Waals surface area contributed by atoms with Crippen molar-refractivity contribution in [2.75, 3.05) is 39.6 Å². The fourth-order valence-corrected chi connectivity index (χ4v) is 3.04. The predicted molar refractivity (Wildman–Crippen MR) is 103 cm³/mol. The number of aryl methyl sites for hydroxylation is 1. The van der Waals surface area contributed by atoms with Crippen LogP contribution in [0, 0.1) is 6.92 Å². The standard InChI is InChI=1S/C20H24O7S/c1-17-7-9-19(10-8-17)28(22,23)27-16-14-25-12-11-24-13-15-26-20(21)18-5-3-2-4-6-18/h2-10H,11-16H2,1H3. The molecule has 0 bridgehead atoms. The number of hydrogen-bond donors (Lipinski definition) is 0. The third-order valence-electron chi connectivity index (χ3n) is 3.62. The first kappa shape index (κ1) is 22.0. The van der Waals surface area contributed by atoms with Crippen molar-refractivity contribution in [3.05, 3.63) is 65.7 Å². The number of carbonyl (C=O) groups excluding carboxylic acids is 1. The lowest BCUT2D eigenvalue weighted by Crippen LogP contribution is -2.15. The summed E-state index contributed by atoms with van der Waals surface area (Å²) in [5.41, 5.74) is 1.46. The summed E-state index contributed by atoms with van der Waals surface area (Å²) in [4.78, 5) is 11.8. The minimum absolute atomic E-state index is 0.0785. The van der Waals surface area contributed by atoms with Crippen LogP contribution in [0.15, 0.2) is 59.5 Å². The summed E-state index contributed by atoms with van der Waals surface area (Å²) >= 11 is 0. The monoisotopic (exact) mass is 408 g/mol. The zero-order chi connectivity index (χ0) is 20.2. The van der Waals surface area contributed by atoms with Gasteiger partial charge >= 0.3 is 5.97 Å². The van der Waals surface area contributed by atoms with E-state index in [1.807, 2.05) is 13.0 Å². The highest BCUT2D eigenvalue weighted by Gasteiger charge is 2.14. The smallest absolute Gasteiger partial charge is 0.338 e. The van der Waals surface area contributed by atoms with Gasteiger partial charge in [0.1, 0.15) is 6.61 Å². The Morgan fingerprint density at radius 1 is 0.786 bits per heavy atom. The Bertz CT molecular complexity index is 817. The number of esters is 1. The molecule has 2 aromatic rings. The van der Waals surface area contributed by atoms with Crippen LogP contribution in [-0.4, -0.2) is 54.0 Å². The van der Waals surface area contributed by atoms with E-state index in [4.69, 9.17) is 18.4 Å². The minimum Gasteiger partial charge on any atom is -0.460 e. The molecule has 0 amide bonds. The zero-order valence-electron chi connectivity index (χ0n) is 15.7. The Balaban J connectivity index is 1.48. The van der Waals surface area contributed by atoms with E-state index in [0.29, 0.717) is 12.2 Å². The molecule has 0 aliphatic rings. The van der Waals surface area contributed by atoms with Crippen LogP contribution in [-0.2, 0) is 28.5 Å². The highest BCUT2D eigenvalue weighted by molar-refractivity contribution is 7.86. The summed E-state index contributed by atoms with van der Waals surface area (Å²) in [5, 5.41) is 0. The zero-order valence-corrected chi connectivity index (χ0v) is 16.5. The molecule has 0 unspecified atom stereocenters. The van der Waals surface area contributed by atoms with Gasteiger partial charge in [0.05, 0.1) is 43.5 Å². The van der Waals surface area contributed by atoms with Gasteiger partial charge in [-0.25, -0.2) is 4.79 Å². The number of ether oxygens (including phenoxy) is 3. The molecular formula is C20H24O7S. The van der Waals surface area contributed by atoms with E-state index in [0.717, 1.165) is 5.56 Å². The van der Waals surface area contributed by atoms with Crippen molar-refractivity contribution in [3.8, 4) is 0 Å². The Labute approximate surface area is 165 Å². The van der Waals surface area contributed by atoms with Crippen LogP contribution in [0.1, 0.15) is 15.9 Å². The molecule has 28 heavy (non-hydrogen) atoms. The van der Waals surface area contributed by atoms with Crippen LogP contribution in [0.5, 0.6) is 0 Å². The van der Waals surface area contributed by atoms with E-state index in [9.17, 15) is 13.2 Å². The van der Waals surface area contributed by atoms with Crippen LogP contribution < -0.4 is 0 Å². The molecule has 0 heterocycles. The van der Waals surface area contributed by atoms with Crippen molar-refractivity contribution in [2.24, 2.45) is 0 Å². The van der Waals surface area contributed by atoms with Gasteiger partial charge in [-0.1, -0.05) is 35.9 Å². The van der Waals surface area contributed by atoms with Crippen LogP contribution in [0.4, 0.5) is 0 Å². The molecule has 152 valence electrons. The molecule has 0 atom stereocenters. The van der Waals surface area contributed by atoms with Crippen LogP contribution in [0.2, 0.25) is 0 Å². The summed E-state index contributed by atoms with van der Waals surface area (Å²) in [6, 6.07) is 15.1. The lowest BCUT2D eigenvalue weighted by Gasteiger charge is -2.08. The average molecular weight is 408 g/mol. The molecule has 0 spiro atoms. The van der Waals surface area contributed by atoms with Gasteiger partial charge < -0.3 is 14.2 Å². The van der Waals surface area contributed by atoms with Crippen molar-refractivity contribution in [1.29, 1.82) is 0 Å². The lowest BCUT2D eigenvalue weighted by atomic mass is 10.2. The Morgan fingerprint density at radius 2 is 1.36 bits per heavy atom. The largest absolute Gasteiger partial charge is 0.460 e. The Morgan fingerprint density at radius 3 is 2.00 bits per heavy atom. The second-order valence-corrected chi connectivity index (χ2v) is 7.43. The number of carbonyl (C=O) groups is 1. The maximum Gasteiger partial charge on any atom is 0.338 e. The molecule has 0 fully saturated rings. The molecule has 0 saturated carbocycles.